The third kappa shape index (κ3) is 3.09. The van der Waals surface area contributed by atoms with E-state index in [0.29, 0.717) is 19.1 Å². The van der Waals surface area contributed by atoms with Crippen molar-refractivity contribution in [2.75, 3.05) is 32.8 Å². The van der Waals surface area contributed by atoms with Gasteiger partial charge in [0.1, 0.15) is 0 Å². The number of piperidine rings is 1. The van der Waals surface area contributed by atoms with Crippen LogP contribution < -0.4 is 0 Å². The van der Waals surface area contributed by atoms with Gasteiger partial charge in [0.2, 0.25) is 0 Å². The van der Waals surface area contributed by atoms with Crippen molar-refractivity contribution < 1.29 is 10.2 Å². The second kappa shape index (κ2) is 5.51. The summed E-state index contributed by atoms with van der Waals surface area (Å²) in [6.45, 7) is 3.82. The largest absolute Gasteiger partial charge is 0.396 e. The lowest BCUT2D eigenvalue weighted by atomic mass is 9.98. The summed E-state index contributed by atoms with van der Waals surface area (Å²) >= 11 is 0. The minimum atomic E-state index is 0.292. The van der Waals surface area contributed by atoms with Crippen LogP contribution in [0.3, 0.4) is 0 Å². The van der Waals surface area contributed by atoms with Crippen LogP contribution in [0.25, 0.3) is 0 Å². The van der Waals surface area contributed by atoms with E-state index >= 15 is 0 Å². The topological polar surface area (TPSA) is 43.7 Å². The van der Waals surface area contributed by atoms with Gasteiger partial charge in [-0.2, -0.15) is 0 Å². The first-order chi connectivity index (χ1) is 5.86. The van der Waals surface area contributed by atoms with Crippen molar-refractivity contribution in [1.82, 2.24) is 4.90 Å². The molecule has 0 atom stereocenters. The number of hydrogen-bond donors (Lipinski definition) is 2. The Kier molecular flexibility index (Phi) is 4.58. The first-order valence-corrected chi connectivity index (χ1v) is 4.81. The molecule has 0 radical (unpaired) electrons. The van der Waals surface area contributed by atoms with E-state index in [0.717, 1.165) is 38.9 Å². The highest BCUT2D eigenvalue weighted by atomic mass is 16.3. The van der Waals surface area contributed by atoms with E-state index < -0.39 is 0 Å². The summed E-state index contributed by atoms with van der Waals surface area (Å²) in [4.78, 5) is 2.36. The summed E-state index contributed by atoms with van der Waals surface area (Å²) < 4.78 is 0. The van der Waals surface area contributed by atoms with Gasteiger partial charge in [0.15, 0.2) is 0 Å². The third-order valence-electron chi connectivity index (χ3n) is 2.60. The molecule has 0 unspecified atom stereocenters. The Morgan fingerprint density at radius 3 is 2.33 bits per heavy atom. The zero-order valence-electron chi connectivity index (χ0n) is 7.58. The van der Waals surface area contributed by atoms with E-state index in [4.69, 9.17) is 10.2 Å². The molecule has 1 heterocycles. The lowest BCUT2D eigenvalue weighted by Crippen LogP contribution is -2.35. The van der Waals surface area contributed by atoms with Gasteiger partial charge in [-0.1, -0.05) is 0 Å². The first-order valence-electron chi connectivity index (χ1n) is 4.81. The highest BCUT2D eigenvalue weighted by molar-refractivity contribution is 4.71. The van der Waals surface area contributed by atoms with Crippen LogP contribution in [0.2, 0.25) is 0 Å². The van der Waals surface area contributed by atoms with Crippen molar-refractivity contribution in [3.63, 3.8) is 0 Å². The van der Waals surface area contributed by atoms with Crippen molar-refractivity contribution in [1.29, 1.82) is 0 Å². The number of likely N-dealkylation sites (tertiary alicyclic amines) is 1. The van der Waals surface area contributed by atoms with E-state index in [1.165, 1.54) is 0 Å². The SMILES string of the molecule is OCCCN1CCC(CO)CC1. The molecule has 3 nitrogen and oxygen atoms in total. The van der Waals surface area contributed by atoms with Crippen LogP contribution in [-0.2, 0) is 0 Å². The summed E-state index contributed by atoms with van der Waals surface area (Å²) in [5.74, 6) is 0.523. The van der Waals surface area contributed by atoms with Crippen LogP contribution >= 0.6 is 0 Å². The minimum Gasteiger partial charge on any atom is -0.396 e. The zero-order valence-corrected chi connectivity index (χ0v) is 7.58. The van der Waals surface area contributed by atoms with Gasteiger partial charge in [0.05, 0.1) is 0 Å². The third-order valence-corrected chi connectivity index (χ3v) is 2.60. The monoisotopic (exact) mass is 173 g/mol. The average Bonchev–Trinajstić information content (AvgIpc) is 2.15. The molecule has 1 fully saturated rings. The predicted octanol–water partition coefficient (Wildman–Crippen LogP) is 0.0731. The lowest BCUT2D eigenvalue weighted by Gasteiger charge is -2.30. The van der Waals surface area contributed by atoms with Gasteiger partial charge >= 0.3 is 0 Å². The van der Waals surface area contributed by atoms with Gasteiger partial charge < -0.3 is 15.1 Å². The second-order valence-electron chi connectivity index (χ2n) is 3.54. The summed E-state index contributed by atoms with van der Waals surface area (Å²) in [6.07, 6.45) is 3.10. The molecular weight excluding hydrogens is 154 g/mol. The van der Waals surface area contributed by atoms with Crippen LogP contribution in [0.15, 0.2) is 0 Å². The van der Waals surface area contributed by atoms with Crippen molar-refractivity contribution in [3.8, 4) is 0 Å². The fraction of sp³-hybridized carbons (Fsp3) is 1.00. The fourth-order valence-electron chi connectivity index (χ4n) is 1.69. The summed E-state index contributed by atoms with van der Waals surface area (Å²) in [5.41, 5.74) is 0. The molecule has 0 aromatic carbocycles. The Morgan fingerprint density at radius 1 is 1.17 bits per heavy atom. The molecule has 0 spiro atoms. The molecule has 0 aromatic heterocycles. The second-order valence-corrected chi connectivity index (χ2v) is 3.54. The standard InChI is InChI=1S/C9H19NO2/c11-7-1-4-10-5-2-9(8-12)3-6-10/h9,11-12H,1-8H2. The molecule has 0 bridgehead atoms. The van der Waals surface area contributed by atoms with Gasteiger partial charge in [-0.3, -0.25) is 0 Å². The van der Waals surface area contributed by atoms with Crippen LogP contribution in [0.4, 0.5) is 0 Å². The van der Waals surface area contributed by atoms with Gasteiger partial charge in [0.25, 0.3) is 0 Å². The Morgan fingerprint density at radius 2 is 1.83 bits per heavy atom. The molecule has 0 amide bonds. The Hall–Kier alpha value is -0.120. The van der Waals surface area contributed by atoms with Gasteiger partial charge in [-0.15, -0.1) is 0 Å². The van der Waals surface area contributed by atoms with Crippen molar-refractivity contribution in [2.45, 2.75) is 19.3 Å². The number of hydrogen-bond acceptors (Lipinski definition) is 3. The minimum absolute atomic E-state index is 0.292. The molecule has 1 aliphatic heterocycles. The van der Waals surface area contributed by atoms with E-state index in [1.807, 2.05) is 0 Å². The van der Waals surface area contributed by atoms with Crippen molar-refractivity contribution >= 4 is 0 Å². The normalized spacial score (nSPS) is 21.5. The Balaban J connectivity index is 2.09. The number of aliphatic hydroxyl groups excluding tert-OH is 2. The smallest absolute Gasteiger partial charge is 0.0460 e. The van der Waals surface area contributed by atoms with Crippen LogP contribution in [0, 0.1) is 5.92 Å². The molecule has 1 saturated heterocycles. The molecule has 72 valence electrons. The summed E-state index contributed by atoms with van der Waals surface area (Å²) in [6, 6.07) is 0. The number of nitrogens with zero attached hydrogens (tertiary/aromatic N) is 1. The maximum atomic E-state index is 8.89. The Bertz CT molecular complexity index is 111. The molecule has 0 saturated carbocycles. The van der Waals surface area contributed by atoms with Crippen molar-refractivity contribution in [2.24, 2.45) is 5.92 Å². The lowest BCUT2D eigenvalue weighted by molar-refractivity contribution is 0.125. The van der Waals surface area contributed by atoms with Gasteiger partial charge in [-0.25, -0.2) is 0 Å². The molecule has 1 aliphatic rings. The molecular formula is C9H19NO2. The number of rotatable bonds is 4. The van der Waals surface area contributed by atoms with Crippen LogP contribution in [0.1, 0.15) is 19.3 Å². The van der Waals surface area contributed by atoms with E-state index in [-0.39, 0.29) is 0 Å². The molecule has 1 rings (SSSR count). The van der Waals surface area contributed by atoms with Crippen LogP contribution in [-0.4, -0.2) is 48.0 Å². The predicted molar refractivity (Wildman–Crippen MR) is 48.0 cm³/mol. The van der Waals surface area contributed by atoms with Crippen molar-refractivity contribution in [3.05, 3.63) is 0 Å². The maximum absolute atomic E-state index is 8.89. The molecule has 0 aromatic rings. The van der Waals surface area contributed by atoms with Gasteiger partial charge in [0, 0.05) is 19.8 Å². The van der Waals surface area contributed by atoms with Gasteiger partial charge in [-0.05, 0) is 38.3 Å². The first kappa shape index (κ1) is 9.96. The van der Waals surface area contributed by atoms with Crippen LogP contribution in [0.5, 0.6) is 0 Å². The highest BCUT2D eigenvalue weighted by Gasteiger charge is 2.17. The molecule has 2 N–H and O–H groups in total. The fourth-order valence-corrected chi connectivity index (χ4v) is 1.69. The molecule has 3 heteroatoms. The summed E-state index contributed by atoms with van der Waals surface area (Å²) in [7, 11) is 0. The highest BCUT2D eigenvalue weighted by Crippen LogP contribution is 2.15. The molecule has 12 heavy (non-hydrogen) atoms. The Labute approximate surface area is 74.0 Å². The van der Waals surface area contributed by atoms with E-state index in [1.54, 1.807) is 0 Å². The quantitative estimate of drug-likeness (QED) is 0.632. The van der Waals surface area contributed by atoms with E-state index in [9.17, 15) is 0 Å². The summed E-state index contributed by atoms with van der Waals surface area (Å²) in [5, 5.41) is 17.5. The maximum Gasteiger partial charge on any atom is 0.0460 e. The molecule has 0 aliphatic carbocycles. The average molecular weight is 173 g/mol. The zero-order chi connectivity index (χ0) is 8.81. The number of aliphatic hydroxyl groups is 2. The van der Waals surface area contributed by atoms with E-state index in [2.05, 4.69) is 4.90 Å².